The lowest BCUT2D eigenvalue weighted by atomic mass is 10.5. The van der Waals surface area contributed by atoms with Crippen LogP contribution in [0.15, 0.2) is 22.8 Å². The molecule has 0 rings (SSSR count). The number of sulfonamides is 1. The highest BCUT2D eigenvalue weighted by Gasteiger charge is 2.14. The summed E-state index contributed by atoms with van der Waals surface area (Å²) in [6.07, 6.45) is 0. The Morgan fingerprint density at radius 1 is 1.62 bits per heavy atom. The molecule has 0 saturated carbocycles. The van der Waals surface area contributed by atoms with E-state index in [1.807, 2.05) is 0 Å². The molecule has 0 saturated heterocycles. The molecular weight excluding hydrogens is 210 g/mol. The van der Waals surface area contributed by atoms with Gasteiger partial charge in [0.15, 0.2) is 0 Å². The molecule has 74 valence electrons. The lowest BCUT2D eigenvalue weighted by molar-refractivity contribution is -0.115. The first kappa shape index (κ1) is 12.4. The predicted molar refractivity (Wildman–Crippen MR) is 54.5 cm³/mol. The molecule has 0 heterocycles. The lowest BCUT2D eigenvalue weighted by Crippen LogP contribution is -2.28. The van der Waals surface area contributed by atoms with Crippen LogP contribution in [0.1, 0.15) is 6.92 Å². The highest BCUT2D eigenvalue weighted by molar-refractivity contribution is 8.19. The quantitative estimate of drug-likeness (QED) is 0.722. The van der Waals surface area contributed by atoms with E-state index in [4.69, 9.17) is 0 Å². The van der Waals surface area contributed by atoms with E-state index in [9.17, 15) is 13.2 Å². The van der Waals surface area contributed by atoms with E-state index >= 15 is 0 Å². The topological polar surface area (TPSA) is 63.2 Å². The normalized spacial score (nSPS) is 10.8. The summed E-state index contributed by atoms with van der Waals surface area (Å²) in [5, 5.41) is 1.36. The summed E-state index contributed by atoms with van der Waals surface area (Å²) < 4.78 is 24.4. The molecule has 0 fully saturated rings. The van der Waals surface area contributed by atoms with Crippen LogP contribution in [0.25, 0.3) is 0 Å². The Morgan fingerprint density at radius 2 is 2.15 bits per heavy atom. The molecule has 1 N–H and O–H groups in total. The van der Waals surface area contributed by atoms with E-state index in [0.29, 0.717) is 0 Å². The molecule has 0 radical (unpaired) electrons. The number of carbonyl (C=O) groups is 1. The molecule has 0 aliphatic rings. The van der Waals surface area contributed by atoms with Crippen LogP contribution in [0.2, 0.25) is 0 Å². The molecule has 0 aromatic rings. The molecule has 0 amide bonds. The Bertz CT molecular complexity index is 319. The van der Waals surface area contributed by atoms with Gasteiger partial charge in [-0.2, -0.15) is 0 Å². The largest absolute Gasteiger partial charge is 0.299 e. The molecule has 0 aliphatic heterocycles. The van der Waals surface area contributed by atoms with Crippen LogP contribution < -0.4 is 4.72 Å². The van der Waals surface area contributed by atoms with Crippen molar-refractivity contribution in [3.8, 4) is 0 Å². The van der Waals surface area contributed by atoms with Crippen LogP contribution in [-0.2, 0) is 14.8 Å². The number of hydrogen-bond donors (Lipinski definition) is 1. The Balaban J connectivity index is 4.32. The Kier molecular flexibility index (Phi) is 4.97. The SMILES string of the molecule is C=CSC(=C)S(=O)(=O)NCC(C)=O. The van der Waals surface area contributed by atoms with Crippen LogP contribution in [0.5, 0.6) is 0 Å². The van der Waals surface area contributed by atoms with E-state index < -0.39 is 10.0 Å². The van der Waals surface area contributed by atoms with Gasteiger partial charge in [0, 0.05) is 0 Å². The number of ketones is 1. The van der Waals surface area contributed by atoms with Crippen LogP contribution in [0.4, 0.5) is 0 Å². The van der Waals surface area contributed by atoms with E-state index in [2.05, 4.69) is 17.9 Å². The van der Waals surface area contributed by atoms with Crippen molar-refractivity contribution in [1.29, 1.82) is 0 Å². The maximum absolute atomic E-state index is 11.2. The zero-order valence-electron chi connectivity index (χ0n) is 7.24. The first-order valence-electron chi connectivity index (χ1n) is 3.35. The van der Waals surface area contributed by atoms with E-state index in [1.165, 1.54) is 12.3 Å². The fraction of sp³-hybridized carbons (Fsp3) is 0.286. The lowest BCUT2D eigenvalue weighted by Gasteiger charge is -2.04. The van der Waals surface area contributed by atoms with Gasteiger partial charge in [-0.1, -0.05) is 24.9 Å². The molecule has 6 heteroatoms. The number of thioether (sulfide) groups is 1. The standard InChI is InChI=1S/C7H11NO3S2/c1-4-12-7(3)13(10,11)8-5-6(2)9/h4,8H,1,3,5H2,2H3. The summed E-state index contributed by atoms with van der Waals surface area (Å²) in [7, 11) is -3.59. The van der Waals surface area contributed by atoms with Gasteiger partial charge in [0.2, 0.25) is 10.0 Å². The van der Waals surface area contributed by atoms with Gasteiger partial charge in [-0.15, -0.1) is 0 Å². The third-order valence-corrected chi connectivity index (χ3v) is 3.53. The minimum absolute atomic E-state index is 0.0660. The van der Waals surface area contributed by atoms with Crippen LogP contribution >= 0.6 is 11.8 Å². The van der Waals surface area contributed by atoms with Crippen LogP contribution in [-0.4, -0.2) is 20.7 Å². The van der Waals surface area contributed by atoms with Crippen LogP contribution in [0.3, 0.4) is 0 Å². The number of rotatable bonds is 6. The molecule has 0 unspecified atom stereocenters. The maximum atomic E-state index is 11.2. The predicted octanol–water partition coefficient (Wildman–Crippen LogP) is 0.843. The first-order valence-corrected chi connectivity index (χ1v) is 5.72. The van der Waals surface area contributed by atoms with Gasteiger partial charge in [0.25, 0.3) is 0 Å². The second-order valence-electron chi connectivity index (χ2n) is 2.18. The van der Waals surface area contributed by atoms with E-state index in [1.54, 1.807) is 0 Å². The molecule has 13 heavy (non-hydrogen) atoms. The zero-order valence-corrected chi connectivity index (χ0v) is 8.87. The summed E-state index contributed by atoms with van der Waals surface area (Å²) in [6.45, 7) is 7.76. The molecule has 0 spiro atoms. The van der Waals surface area contributed by atoms with Gasteiger partial charge in [0.1, 0.15) is 10.0 Å². The number of hydrogen-bond acceptors (Lipinski definition) is 4. The van der Waals surface area contributed by atoms with Crippen molar-refractivity contribution in [2.24, 2.45) is 0 Å². The third-order valence-electron chi connectivity index (χ3n) is 1.03. The molecule has 4 nitrogen and oxygen atoms in total. The molecule has 0 aromatic carbocycles. The minimum atomic E-state index is -3.59. The Labute approximate surface area is 82.1 Å². The van der Waals surface area contributed by atoms with E-state index in [-0.39, 0.29) is 16.6 Å². The van der Waals surface area contributed by atoms with Crippen LogP contribution in [0, 0.1) is 0 Å². The van der Waals surface area contributed by atoms with Crippen molar-refractivity contribution in [2.45, 2.75) is 6.92 Å². The molecule has 0 aliphatic carbocycles. The van der Waals surface area contributed by atoms with Gasteiger partial charge in [0.05, 0.1) is 6.54 Å². The first-order chi connectivity index (χ1) is 5.90. The van der Waals surface area contributed by atoms with E-state index in [0.717, 1.165) is 11.8 Å². The Morgan fingerprint density at radius 3 is 2.54 bits per heavy atom. The summed E-state index contributed by atoms with van der Waals surface area (Å²) in [6, 6.07) is 0. The molecule has 0 atom stereocenters. The van der Waals surface area contributed by atoms with Gasteiger partial charge in [-0.25, -0.2) is 13.1 Å². The highest BCUT2D eigenvalue weighted by Crippen LogP contribution is 2.18. The summed E-state index contributed by atoms with van der Waals surface area (Å²) in [5.41, 5.74) is 0. The van der Waals surface area contributed by atoms with Crippen molar-refractivity contribution < 1.29 is 13.2 Å². The third kappa shape index (κ3) is 4.87. The second-order valence-corrected chi connectivity index (χ2v) is 5.29. The smallest absolute Gasteiger partial charge is 0.246 e. The summed E-state index contributed by atoms with van der Waals surface area (Å²) in [5.74, 6) is -0.250. The van der Waals surface area contributed by atoms with Crippen molar-refractivity contribution in [1.82, 2.24) is 4.72 Å². The van der Waals surface area contributed by atoms with Crippen molar-refractivity contribution in [3.05, 3.63) is 22.8 Å². The van der Waals surface area contributed by atoms with Crippen molar-refractivity contribution >= 4 is 27.6 Å². The Hall–Kier alpha value is -0.590. The second kappa shape index (κ2) is 5.21. The van der Waals surface area contributed by atoms with Gasteiger partial charge in [-0.3, -0.25) is 4.79 Å². The monoisotopic (exact) mass is 221 g/mol. The maximum Gasteiger partial charge on any atom is 0.246 e. The van der Waals surface area contributed by atoms with Gasteiger partial charge >= 0.3 is 0 Å². The number of nitrogens with one attached hydrogen (secondary N) is 1. The van der Waals surface area contributed by atoms with Gasteiger partial charge in [-0.05, 0) is 12.3 Å². The summed E-state index contributed by atoms with van der Waals surface area (Å²) >= 11 is 0.898. The van der Waals surface area contributed by atoms with Crippen molar-refractivity contribution in [3.63, 3.8) is 0 Å². The minimum Gasteiger partial charge on any atom is -0.299 e. The number of carbonyl (C=O) groups excluding carboxylic acids is 1. The average Bonchev–Trinajstić information content (AvgIpc) is 2.01. The zero-order chi connectivity index (χ0) is 10.5. The molecule has 0 bridgehead atoms. The molecule has 0 aromatic heterocycles. The average molecular weight is 221 g/mol. The fourth-order valence-corrected chi connectivity index (χ4v) is 2.06. The van der Waals surface area contributed by atoms with Crippen molar-refractivity contribution in [2.75, 3.05) is 6.54 Å². The summed E-state index contributed by atoms with van der Waals surface area (Å²) in [4.78, 5) is 10.5. The fourth-order valence-electron chi connectivity index (χ4n) is 0.433. The molecular formula is C7H11NO3S2. The van der Waals surface area contributed by atoms with Gasteiger partial charge < -0.3 is 0 Å². The number of Topliss-reactive ketones (excluding diaryl/α,β-unsaturated/α-hetero) is 1. The highest BCUT2D eigenvalue weighted by atomic mass is 32.3.